The standard InChI is InChI=1S/C21H28N8O2/c1-29-12-10-13-5-2-7-15(18(13)29)20(30)24-17(9-4-11-22)21(31)23-16-8-3-6-14(16)19-25-27-28-26-19/h2,5,7,10,12,14,16-17H,3-4,6,8-9,11,22H2,1H3,(H,23,31)(H,24,30)(H,25,26,27,28)/t14-,16+,17+/m1/s1. The van der Waals surface area contributed by atoms with Gasteiger partial charge in [-0.2, -0.15) is 5.21 Å². The number of tetrazole rings is 1. The monoisotopic (exact) mass is 424 g/mol. The highest BCUT2D eigenvalue weighted by atomic mass is 16.2. The van der Waals surface area contributed by atoms with Gasteiger partial charge < -0.3 is 20.9 Å². The van der Waals surface area contributed by atoms with Crippen molar-refractivity contribution >= 4 is 22.7 Å². The number of hydrogen-bond acceptors (Lipinski definition) is 6. The van der Waals surface area contributed by atoms with Crippen molar-refractivity contribution in [3.05, 3.63) is 41.9 Å². The van der Waals surface area contributed by atoms with E-state index in [1.807, 2.05) is 36.0 Å². The quantitative estimate of drug-likeness (QED) is 0.424. The van der Waals surface area contributed by atoms with Gasteiger partial charge in [0.25, 0.3) is 5.91 Å². The first-order valence-electron chi connectivity index (χ1n) is 10.7. The van der Waals surface area contributed by atoms with Crippen molar-refractivity contribution in [1.82, 2.24) is 35.8 Å². The summed E-state index contributed by atoms with van der Waals surface area (Å²) in [7, 11) is 1.90. The van der Waals surface area contributed by atoms with Crippen LogP contribution in [0.4, 0.5) is 0 Å². The molecule has 10 nitrogen and oxygen atoms in total. The van der Waals surface area contributed by atoms with Crippen molar-refractivity contribution in [2.75, 3.05) is 6.54 Å². The Kier molecular flexibility index (Phi) is 6.26. The average molecular weight is 425 g/mol. The van der Waals surface area contributed by atoms with Crippen LogP contribution in [-0.2, 0) is 11.8 Å². The van der Waals surface area contributed by atoms with Crippen LogP contribution < -0.4 is 16.4 Å². The summed E-state index contributed by atoms with van der Waals surface area (Å²) >= 11 is 0. The lowest BCUT2D eigenvalue weighted by atomic mass is 10.0. The predicted octanol–water partition coefficient (Wildman–Crippen LogP) is 0.981. The number of carbonyl (C=O) groups is 2. The molecule has 3 aromatic rings. The number of benzene rings is 1. The number of rotatable bonds is 8. The normalized spacial score (nSPS) is 19.4. The number of aromatic amines is 1. The summed E-state index contributed by atoms with van der Waals surface area (Å²) in [6.45, 7) is 0.446. The smallest absolute Gasteiger partial charge is 0.254 e. The topological polar surface area (TPSA) is 144 Å². The molecule has 10 heteroatoms. The molecule has 1 aromatic carbocycles. The van der Waals surface area contributed by atoms with Crippen LogP contribution >= 0.6 is 0 Å². The van der Waals surface area contributed by atoms with Crippen molar-refractivity contribution < 1.29 is 9.59 Å². The van der Waals surface area contributed by atoms with E-state index in [4.69, 9.17) is 5.73 Å². The number of fused-ring (bicyclic) bond motifs is 1. The molecule has 2 aromatic heterocycles. The molecule has 1 saturated carbocycles. The van der Waals surface area contributed by atoms with E-state index in [1.165, 1.54) is 0 Å². The summed E-state index contributed by atoms with van der Waals surface area (Å²) in [4.78, 5) is 26.2. The van der Waals surface area contributed by atoms with E-state index in [1.54, 1.807) is 6.07 Å². The largest absolute Gasteiger partial charge is 0.351 e. The number of H-pyrrole nitrogens is 1. The first kappa shape index (κ1) is 21.0. The van der Waals surface area contributed by atoms with Gasteiger partial charge >= 0.3 is 0 Å². The van der Waals surface area contributed by atoms with Crippen LogP contribution in [0.5, 0.6) is 0 Å². The summed E-state index contributed by atoms with van der Waals surface area (Å²) in [6, 6.07) is 6.79. The van der Waals surface area contributed by atoms with Crippen molar-refractivity contribution in [2.45, 2.75) is 50.1 Å². The van der Waals surface area contributed by atoms with Crippen LogP contribution in [-0.4, -0.2) is 55.6 Å². The van der Waals surface area contributed by atoms with Crippen molar-refractivity contribution in [2.24, 2.45) is 12.8 Å². The fourth-order valence-electron chi connectivity index (χ4n) is 4.42. The maximum Gasteiger partial charge on any atom is 0.254 e. The van der Waals surface area contributed by atoms with E-state index in [9.17, 15) is 9.59 Å². The van der Waals surface area contributed by atoms with E-state index < -0.39 is 6.04 Å². The van der Waals surface area contributed by atoms with Gasteiger partial charge in [0.2, 0.25) is 5.91 Å². The lowest BCUT2D eigenvalue weighted by Gasteiger charge is -2.23. The summed E-state index contributed by atoms with van der Waals surface area (Å²) in [5.74, 6) is 0.151. The minimum Gasteiger partial charge on any atom is -0.351 e. The minimum absolute atomic E-state index is 0.0191. The molecule has 5 N–H and O–H groups in total. The van der Waals surface area contributed by atoms with Gasteiger partial charge in [-0.25, -0.2) is 0 Å². The Labute approximate surface area is 179 Å². The predicted molar refractivity (Wildman–Crippen MR) is 115 cm³/mol. The van der Waals surface area contributed by atoms with Crippen LogP contribution in [0.3, 0.4) is 0 Å². The van der Waals surface area contributed by atoms with Gasteiger partial charge in [0, 0.05) is 30.6 Å². The van der Waals surface area contributed by atoms with Gasteiger partial charge in [0.1, 0.15) is 6.04 Å². The molecule has 2 heterocycles. The Morgan fingerprint density at radius 3 is 2.97 bits per heavy atom. The lowest BCUT2D eigenvalue weighted by molar-refractivity contribution is -0.123. The number of amides is 2. The molecule has 1 aliphatic rings. The number of para-hydroxylation sites is 1. The molecule has 0 spiro atoms. The molecule has 0 radical (unpaired) electrons. The van der Waals surface area contributed by atoms with Gasteiger partial charge in [-0.15, -0.1) is 10.2 Å². The fraction of sp³-hybridized carbons (Fsp3) is 0.476. The molecule has 2 amide bonds. The third-order valence-corrected chi connectivity index (χ3v) is 6.00. The molecule has 31 heavy (non-hydrogen) atoms. The second-order valence-electron chi connectivity index (χ2n) is 8.05. The molecule has 3 atom stereocenters. The first-order valence-corrected chi connectivity index (χ1v) is 10.7. The number of nitrogens with one attached hydrogen (secondary N) is 3. The van der Waals surface area contributed by atoms with E-state index in [-0.39, 0.29) is 23.8 Å². The van der Waals surface area contributed by atoms with E-state index >= 15 is 0 Å². The fourth-order valence-corrected chi connectivity index (χ4v) is 4.42. The number of carbonyl (C=O) groups excluding carboxylic acids is 2. The summed E-state index contributed by atoms with van der Waals surface area (Å²) < 4.78 is 1.91. The Balaban J connectivity index is 1.49. The maximum absolute atomic E-state index is 13.1. The molecule has 1 aliphatic carbocycles. The second-order valence-corrected chi connectivity index (χ2v) is 8.05. The van der Waals surface area contributed by atoms with Gasteiger partial charge in [0.15, 0.2) is 5.82 Å². The number of aryl methyl sites for hydroxylation is 1. The highest BCUT2D eigenvalue weighted by Gasteiger charge is 2.34. The van der Waals surface area contributed by atoms with Crippen LogP contribution in [0.15, 0.2) is 30.5 Å². The SMILES string of the molecule is Cn1ccc2cccc(C(=O)N[C@@H](CCCN)C(=O)N[C@H]3CCC[C@H]3c3nn[nH]n3)c21. The van der Waals surface area contributed by atoms with Crippen molar-refractivity contribution in [3.8, 4) is 0 Å². The first-order chi connectivity index (χ1) is 15.1. The van der Waals surface area contributed by atoms with Gasteiger partial charge in [-0.1, -0.05) is 23.8 Å². The zero-order valence-electron chi connectivity index (χ0n) is 17.5. The number of nitrogens with zero attached hydrogens (tertiary/aromatic N) is 4. The number of hydrogen-bond donors (Lipinski definition) is 4. The summed E-state index contributed by atoms with van der Waals surface area (Å²) in [5.41, 5.74) is 7.06. The highest BCUT2D eigenvalue weighted by molar-refractivity contribution is 6.07. The third kappa shape index (κ3) is 4.43. The van der Waals surface area contributed by atoms with Gasteiger partial charge in [0.05, 0.1) is 11.1 Å². The van der Waals surface area contributed by atoms with Crippen LogP contribution in [0.2, 0.25) is 0 Å². The minimum atomic E-state index is -0.668. The van der Waals surface area contributed by atoms with Gasteiger partial charge in [-0.3, -0.25) is 9.59 Å². The van der Waals surface area contributed by atoms with Crippen molar-refractivity contribution in [3.63, 3.8) is 0 Å². The van der Waals surface area contributed by atoms with Crippen molar-refractivity contribution in [1.29, 1.82) is 0 Å². The molecule has 0 bridgehead atoms. The molecule has 0 saturated heterocycles. The maximum atomic E-state index is 13.1. The molecule has 1 fully saturated rings. The lowest BCUT2D eigenvalue weighted by Crippen LogP contribution is -2.50. The molecule has 164 valence electrons. The Morgan fingerprint density at radius 1 is 1.32 bits per heavy atom. The van der Waals surface area contributed by atoms with Gasteiger partial charge in [-0.05, 0) is 44.4 Å². The zero-order valence-corrected chi connectivity index (χ0v) is 17.5. The Morgan fingerprint density at radius 2 is 2.19 bits per heavy atom. The average Bonchev–Trinajstić information content (AvgIpc) is 3.52. The third-order valence-electron chi connectivity index (χ3n) is 6.00. The van der Waals surface area contributed by atoms with E-state index in [0.717, 1.165) is 30.2 Å². The molecule has 0 aliphatic heterocycles. The van der Waals surface area contributed by atoms with Crippen LogP contribution in [0.25, 0.3) is 10.9 Å². The molecule has 0 unspecified atom stereocenters. The number of aromatic nitrogens is 5. The number of nitrogens with two attached hydrogens (primary N) is 1. The highest BCUT2D eigenvalue weighted by Crippen LogP contribution is 2.32. The van der Waals surface area contributed by atoms with E-state index in [2.05, 4.69) is 31.3 Å². The molecular weight excluding hydrogens is 396 g/mol. The summed E-state index contributed by atoms with van der Waals surface area (Å²) in [6.07, 6.45) is 5.71. The summed E-state index contributed by atoms with van der Waals surface area (Å²) in [5, 5.41) is 21.3. The Hall–Kier alpha value is -3.27. The zero-order chi connectivity index (χ0) is 21.8. The van der Waals surface area contributed by atoms with E-state index in [0.29, 0.717) is 30.8 Å². The van der Waals surface area contributed by atoms with Crippen LogP contribution in [0, 0.1) is 0 Å². The second kappa shape index (κ2) is 9.25. The molecule has 4 rings (SSSR count). The molecular formula is C21H28N8O2. The Bertz CT molecular complexity index is 1050. The van der Waals surface area contributed by atoms with Crippen LogP contribution in [0.1, 0.15) is 54.2 Å².